The van der Waals surface area contributed by atoms with Crippen LogP contribution in [0, 0.1) is 0 Å². The lowest BCUT2D eigenvalue weighted by atomic mass is 10.2. The van der Waals surface area contributed by atoms with Crippen molar-refractivity contribution in [3.63, 3.8) is 0 Å². The standard InChI is InChI=1S/C15H21NO4/c17-13(8-16-5-1-2-6-16)10-18-9-12-3-4-14-15(7-12)20-11-19-14/h3-4,7,13,17H,1-2,5-6,8-11H2/t13-/m0/s1. The van der Waals surface area contributed by atoms with Crippen LogP contribution >= 0.6 is 0 Å². The summed E-state index contributed by atoms with van der Waals surface area (Å²) >= 11 is 0. The molecule has 1 aromatic carbocycles. The van der Waals surface area contributed by atoms with E-state index in [0.717, 1.165) is 30.2 Å². The highest BCUT2D eigenvalue weighted by Crippen LogP contribution is 2.32. The molecule has 2 aliphatic heterocycles. The number of aliphatic hydroxyl groups excluding tert-OH is 1. The first-order valence-electron chi connectivity index (χ1n) is 7.18. The Kier molecular flexibility index (Phi) is 4.40. The van der Waals surface area contributed by atoms with E-state index in [1.807, 2.05) is 18.2 Å². The van der Waals surface area contributed by atoms with E-state index in [9.17, 15) is 5.11 Å². The second kappa shape index (κ2) is 6.43. The van der Waals surface area contributed by atoms with Crippen LogP contribution in [0.25, 0.3) is 0 Å². The van der Waals surface area contributed by atoms with Crippen LogP contribution in [0.2, 0.25) is 0 Å². The van der Waals surface area contributed by atoms with E-state index in [4.69, 9.17) is 14.2 Å². The number of likely N-dealkylation sites (tertiary alicyclic amines) is 1. The van der Waals surface area contributed by atoms with Gasteiger partial charge in [0.1, 0.15) is 0 Å². The molecule has 3 rings (SSSR count). The Morgan fingerprint density at radius 2 is 2.00 bits per heavy atom. The Balaban J connectivity index is 1.40. The third kappa shape index (κ3) is 3.42. The number of aliphatic hydroxyl groups is 1. The first-order chi connectivity index (χ1) is 9.81. The van der Waals surface area contributed by atoms with Crippen molar-refractivity contribution in [2.75, 3.05) is 33.0 Å². The molecule has 2 heterocycles. The van der Waals surface area contributed by atoms with Crippen LogP contribution in [-0.2, 0) is 11.3 Å². The maximum absolute atomic E-state index is 9.93. The third-order valence-corrected chi connectivity index (χ3v) is 3.68. The van der Waals surface area contributed by atoms with Crippen molar-refractivity contribution in [3.8, 4) is 11.5 Å². The van der Waals surface area contributed by atoms with Crippen molar-refractivity contribution in [1.82, 2.24) is 4.90 Å². The lowest BCUT2D eigenvalue weighted by Gasteiger charge is -2.19. The topological polar surface area (TPSA) is 51.2 Å². The summed E-state index contributed by atoms with van der Waals surface area (Å²) in [5.41, 5.74) is 1.03. The van der Waals surface area contributed by atoms with Crippen molar-refractivity contribution in [2.45, 2.75) is 25.6 Å². The summed E-state index contributed by atoms with van der Waals surface area (Å²) in [6.07, 6.45) is 2.07. The normalized spacial score (nSPS) is 19.4. The van der Waals surface area contributed by atoms with Gasteiger partial charge in [0.15, 0.2) is 11.5 Å². The van der Waals surface area contributed by atoms with Gasteiger partial charge < -0.3 is 24.2 Å². The summed E-state index contributed by atoms with van der Waals surface area (Å²) in [6, 6.07) is 5.78. The Hall–Kier alpha value is -1.30. The van der Waals surface area contributed by atoms with Crippen LogP contribution in [0.1, 0.15) is 18.4 Å². The first-order valence-corrected chi connectivity index (χ1v) is 7.18. The molecule has 0 radical (unpaired) electrons. The molecule has 1 N–H and O–H groups in total. The molecule has 1 aromatic rings. The largest absolute Gasteiger partial charge is 0.454 e. The highest BCUT2D eigenvalue weighted by atomic mass is 16.7. The third-order valence-electron chi connectivity index (χ3n) is 3.68. The molecule has 0 unspecified atom stereocenters. The predicted molar refractivity (Wildman–Crippen MR) is 73.9 cm³/mol. The molecule has 1 atom stereocenters. The molecular formula is C15H21NO4. The molecule has 0 amide bonds. The highest BCUT2D eigenvalue weighted by Gasteiger charge is 2.16. The van der Waals surface area contributed by atoms with E-state index in [-0.39, 0.29) is 6.79 Å². The van der Waals surface area contributed by atoms with E-state index in [2.05, 4.69) is 4.90 Å². The van der Waals surface area contributed by atoms with Crippen molar-refractivity contribution in [1.29, 1.82) is 0 Å². The van der Waals surface area contributed by atoms with Gasteiger partial charge in [-0.3, -0.25) is 0 Å². The molecule has 0 bridgehead atoms. The van der Waals surface area contributed by atoms with Crippen LogP contribution in [-0.4, -0.2) is 49.1 Å². The number of hydrogen-bond acceptors (Lipinski definition) is 5. The minimum atomic E-state index is -0.415. The van der Waals surface area contributed by atoms with Gasteiger partial charge in [-0.1, -0.05) is 6.07 Å². The lowest BCUT2D eigenvalue weighted by molar-refractivity contribution is 0.0134. The number of rotatable bonds is 6. The molecule has 1 saturated heterocycles. The molecule has 0 aromatic heterocycles. The van der Waals surface area contributed by atoms with Gasteiger partial charge in [-0.05, 0) is 43.6 Å². The Morgan fingerprint density at radius 3 is 2.85 bits per heavy atom. The average Bonchev–Trinajstić information content (AvgIpc) is 3.09. The predicted octanol–water partition coefficient (Wildman–Crippen LogP) is 1.39. The SMILES string of the molecule is O[C@H](COCc1ccc2c(c1)OCO2)CN1CCCC1. The maximum Gasteiger partial charge on any atom is 0.231 e. The Morgan fingerprint density at radius 1 is 1.20 bits per heavy atom. The zero-order chi connectivity index (χ0) is 13.8. The van der Waals surface area contributed by atoms with Crippen molar-refractivity contribution >= 4 is 0 Å². The minimum Gasteiger partial charge on any atom is -0.454 e. The fourth-order valence-corrected chi connectivity index (χ4v) is 2.66. The Labute approximate surface area is 119 Å². The van der Waals surface area contributed by atoms with Crippen molar-refractivity contribution < 1.29 is 19.3 Å². The van der Waals surface area contributed by atoms with E-state index in [0.29, 0.717) is 19.8 Å². The molecule has 2 aliphatic rings. The summed E-state index contributed by atoms with van der Waals surface area (Å²) in [5, 5.41) is 9.93. The number of fused-ring (bicyclic) bond motifs is 1. The monoisotopic (exact) mass is 279 g/mol. The summed E-state index contributed by atoms with van der Waals surface area (Å²) < 4.78 is 16.2. The van der Waals surface area contributed by atoms with Crippen molar-refractivity contribution in [2.24, 2.45) is 0 Å². The van der Waals surface area contributed by atoms with Gasteiger partial charge in [0.05, 0.1) is 19.3 Å². The summed E-state index contributed by atoms with van der Waals surface area (Å²) in [6.45, 7) is 4.03. The molecule has 0 saturated carbocycles. The van der Waals surface area contributed by atoms with Crippen LogP contribution in [0.15, 0.2) is 18.2 Å². The summed E-state index contributed by atoms with van der Waals surface area (Å²) in [5.74, 6) is 1.55. The van der Waals surface area contributed by atoms with Crippen LogP contribution in [0.3, 0.4) is 0 Å². The molecule has 5 heteroatoms. The first kappa shape index (κ1) is 13.7. The number of hydrogen-bond donors (Lipinski definition) is 1. The summed E-state index contributed by atoms with van der Waals surface area (Å²) in [7, 11) is 0. The molecule has 5 nitrogen and oxygen atoms in total. The summed E-state index contributed by atoms with van der Waals surface area (Å²) in [4.78, 5) is 2.29. The van der Waals surface area contributed by atoms with E-state index >= 15 is 0 Å². The Bertz CT molecular complexity index is 445. The van der Waals surface area contributed by atoms with Gasteiger partial charge in [0, 0.05) is 6.54 Å². The molecule has 20 heavy (non-hydrogen) atoms. The molecule has 0 spiro atoms. The van der Waals surface area contributed by atoms with Crippen LogP contribution < -0.4 is 9.47 Å². The van der Waals surface area contributed by atoms with Crippen LogP contribution in [0.5, 0.6) is 11.5 Å². The number of ether oxygens (including phenoxy) is 3. The second-order valence-electron chi connectivity index (χ2n) is 5.36. The van der Waals surface area contributed by atoms with Gasteiger partial charge >= 0.3 is 0 Å². The van der Waals surface area contributed by atoms with Gasteiger partial charge in [-0.25, -0.2) is 0 Å². The fraction of sp³-hybridized carbons (Fsp3) is 0.600. The average molecular weight is 279 g/mol. The van der Waals surface area contributed by atoms with Crippen LogP contribution in [0.4, 0.5) is 0 Å². The molecule has 110 valence electrons. The number of nitrogens with zero attached hydrogens (tertiary/aromatic N) is 1. The molecule has 1 fully saturated rings. The zero-order valence-corrected chi connectivity index (χ0v) is 11.6. The smallest absolute Gasteiger partial charge is 0.231 e. The van der Waals surface area contributed by atoms with E-state index in [1.165, 1.54) is 12.8 Å². The quantitative estimate of drug-likeness (QED) is 0.853. The van der Waals surface area contributed by atoms with Crippen molar-refractivity contribution in [3.05, 3.63) is 23.8 Å². The highest BCUT2D eigenvalue weighted by molar-refractivity contribution is 5.44. The van der Waals surface area contributed by atoms with Gasteiger partial charge in [0.25, 0.3) is 0 Å². The fourth-order valence-electron chi connectivity index (χ4n) is 2.66. The maximum atomic E-state index is 9.93. The molecule has 0 aliphatic carbocycles. The van der Waals surface area contributed by atoms with Gasteiger partial charge in [-0.2, -0.15) is 0 Å². The zero-order valence-electron chi connectivity index (χ0n) is 11.6. The number of β-amino-alcohol motifs (C(OH)–C–C–N with tert-alkyl or cyclic N) is 1. The van der Waals surface area contributed by atoms with E-state index in [1.54, 1.807) is 0 Å². The second-order valence-corrected chi connectivity index (χ2v) is 5.36. The lowest BCUT2D eigenvalue weighted by Crippen LogP contribution is -2.32. The number of benzene rings is 1. The minimum absolute atomic E-state index is 0.286. The van der Waals surface area contributed by atoms with E-state index < -0.39 is 6.10 Å². The molecular weight excluding hydrogens is 258 g/mol. The van der Waals surface area contributed by atoms with Gasteiger partial charge in [0.2, 0.25) is 6.79 Å². The van der Waals surface area contributed by atoms with Gasteiger partial charge in [-0.15, -0.1) is 0 Å².